The topological polar surface area (TPSA) is 88.1 Å². The average Bonchev–Trinajstić information content (AvgIpc) is 3.23. The van der Waals surface area contributed by atoms with Crippen molar-refractivity contribution >= 4 is 29.2 Å². The zero-order chi connectivity index (χ0) is 21.7. The Kier molecular flexibility index (Phi) is 6.23. The zero-order valence-corrected chi connectivity index (χ0v) is 17.7. The van der Waals surface area contributed by atoms with Gasteiger partial charge in [-0.05, 0) is 60.7 Å². The number of nitrogens with one attached hydrogen (secondary N) is 3. The van der Waals surface area contributed by atoms with Crippen LogP contribution in [0.4, 0.5) is 10.5 Å². The molecule has 4 rings (SSSR count). The van der Waals surface area contributed by atoms with E-state index in [0.717, 1.165) is 30.4 Å². The van der Waals surface area contributed by atoms with Gasteiger partial charge >= 0.3 is 6.03 Å². The van der Waals surface area contributed by atoms with Gasteiger partial charge in [0.15, 0.2) is 0 Å². The molecule has 8 heteroatoms. The fraction of sp³-hybridized carbons (Fsp3) is 0.261. The Bertz CT molecular complexity index is 1050. The maximum absolute atomic E-state index is 12.6. The summed E-state index contributed by atoms with van der Waals surface area (Å²) >= 11 is 6.00. The fourth-order valence-electron chi connectivity index (χ4n) is 3.73. The minimum atomic E-state index is -0.336. The molecule has 0 bridgehead atoms. The Morgan fingerprint density at radius 2 is 1.90 bits per heavy atom. The van der Waals surface area contributed by atoms with Crippen molar-refractivity contribution in [1.82, 2.24) is 20.4 Å². The molecule has 0 saturated heterocycles. The molecule has 31 heavy (non-hydrogen) atoms. The van der Waals surface area contributed by atoms with Gasteiger partial charge in [-0.1, -0.05) is 35.9 Å². The van der Waals surface area contributed by atoms with Crippen molar-refractivity contribution in [3.8, 4) is 0 Å². The molecule has 3 N–H and O–H groups in total. The molecule has 1 fully saturated rings. The fourth-order valence-corrected chi connectivity index (χ4v) is 3.86. The second-order valence-electron chi connectivity index (χ2n) is 7.70. The van der Waals surface area contributed by atoms with Crippen LogP contribution < -0.4 is 16.0 Å². The van der Waals surface area contributed by atoms with Gasteiger partial charge in [0.2, 0.25) is 5.91 Å². The molecule has 0 unspecified atom stereocenters. The summed E-state index contributed by atoms with van der Waals surface area (Å²) in [6, 6.07) is 16.6. The first kappa shape index (κ1) is 20.9. The van der Waals surface area contributed by atoms with Crippen molar-refractivity contribution in [2.24, 2.45) is 0 Å². The van der Waals surface area contributed by atoms with Crippen molar-refractivity contribution in [3.05, 3.63) is 83.1 Å². The lowest BCUT2D eigenvalue weighted by atomic mass is 9.72. The number of amides is 3. The van der Waals surface area contributed by atoms with Crippen LogP contribution in [-0.4, -0.2) is 21.7 Å². The molecule has 1 heterocycles. The highest BCUT2D eigenvalue weighted by Gasteiger charge is 2.39. The van der Waals surface area contributed by atoms with E-state index in [2.05, 4.69) is 21.0 Å². The van der Waals surface area contributed by atoms with Gasteiger partial charge in [-0.3, -0.25) is 9.48 Å². The van der Waals surface area contributed by atoms with Gasteiger partial charge in [0.05, 0.1) is 5.54 Å². The summed E-state index contributed by atoms with van der Waals surface area (Å²) < 4.78 is 1.56. The first-order chi connectivity index (χ1) is 15.0. The van der Waals surface area contributed by atoms with E-state index in [1.54, 1.807) is 23.1 Å². The highest BCUT2D eigenvalue weighted by Crippen LogP contribution is 2.41. The average molecular weight is 438 g/mol. The molecule has 0 spiro atoms. The van der Waals surface area contributed by atoms with E-state index < -0.39 is 0 Å². The van der Waals surface area contributed by atoms with Gasteiger partial charge in [0.1, 0.15) is 6.54 Å². The lowest BCUT2D eigenvalue weighted by Crippen LogP contribution is -2.53. The van der Waals surface area contributed by atoms with E-state index in [0.29, 0.717) is 17.3 Å². The molecule has 7 nitrogen and oxygen atoms in total. The molecular weight excluding hydrogens is 414 g/mol. The minimum Gasteiger partial charge on any atom is -0.334 e. The maximum Gasteiger partial charge on any atom is 0.315 e. The Balaban J connectivity index is 1.31. The Hall–Kier alpha value is -3.32. The number of hydrogen-bond donors (Lipinski definition) is 3. The van der Waals surface area contributed by atoms with Gasteiger partial charge in [0, 0.05) is 29.6 Å². The predicted octanol–water partition coefficient (Wildman–Crippen LogP) is 4.05. The third-order valence-electron chi connectivity index (χ3n) is 5.49. The first-order valence-electron chi connectivity index (χ1n) is 10.2. The van der Waals surface area contributed by atoms with E-state index in [9.17, 15) is 9.59 Å². The molecule has 3 aromatic rings. The van der Waals surface area contributed by atoms with Crippen LogP contribution in [0.2, 0.25) is 5.02 Å². The number of benzene rings is 2. The predicted molar refractivity (Wildman–Crippen MR) is 120 cm³/mol. The number of anilines is 1. The second kappa shape index (κ2) is 9.22. The molecule has 0 radical (unpaired) electrons. The van der Waals surface area contributed by atoms with Crippen molar-refractivity contribution in [2.75, 3.05) is 5.32 Å². The smallest absolute Gasteiger partial charge is 0.315 e. The van der Waals surface area contributed by atoms with Crippen LogP contribution in [0.3, 0.4) is 0 Å². The van der Waals surface area contributed by atoms with E-state index in [-0.39, 0.29) is 24.0 Å². The summed E-state index contributed by atoms with van der Waals surface area (Å²) in [6.45, 7) is 0.496. The molecule has 160 valence electrons. The number of nitrogens with zero attached hydrogens (tertiary/aromatic N) is 2. The van der Waals surface area contributed by atoms with Gasteiger partial charge in [-0.2, -0.15) is 5.10 Å². The largest absolute Gasteiger partial charge is 0.334 e. The number of aromatic nitrogens is 2. The van der Waals surface area contributed by atoms with Crippen LogP contribution in [0.25, 0.3) is 0 Å². The molecule has 1 aromatic heterocycles. The third kappa shape index (κ3) is 5.24. The monoisotopic (exact) mass is 437 g/mol. The van der Waals surface area contributed by atoms with Gasteiger partial charge in [-0.25, -0.2) is 4.79 Å². The number of hydrogen-bond acceptors (Lipinski definition) is 3. The number of rotatable bonds is 7. The van der Waals surface area contributed by atoms with Gasteiger partial charge in [-0.15, -0.1) is 0 Å². The normalized spacial score (nSPS) is 14.4. The minimum absolute atomic E-state index is 0.144. The highest BCUT2D eigenvalue weighted by molar-refractivity contribution is 6.30. The summed E-state index contributed by atoms with van der Waals surface area (Å²) in [5, 5.41) is 13.6. The van der Waals surface area contributed by atoms with E-state index in [1.165, 1.54) is 0 Å². The third-order valence-corrected chi connectivity index (χ3v) is 5.74. The molecular formula is C23H24ClN5O2. The molecule has 3 amide bonds. The zero-order valence-electron chi connectivity index (χ0n) is 17.0. The molecule has 1 aliphatic carbocycles. The van der Waals surface area contributed by atoms with Gasteiger partial charge in [0.25, 0.3) is 0 Å². The van der Waals surface area contributed by atoms with E-state index >= 15 is 0 Å². The quantitative estimate of drug-likeness (QED) is 0.521. The summed E-state index contributed by atoms with van der Waals surface area (Å²) in [6.07, 6.45) is 6.24. The molecule has 1 saturated carbocycles. The Morgan fingerprint density at radius 3 is 2.58 bits per heavy atom. The molecule has 0 aliphatic heterocycles. The summed E-state index contributed by atoms with van der Waals surface area (Å²) in [7, 11) is 0. The number of halogens is 1. The summed E-state index contributed by atoms with van der Waals surface area (Å²) in [5.41, 5.74) is 2.30. The molecule has 1 aliphatic rings. The van der Waals surface area contributed by atoms with Crippen molar-refractivity contribution < 1.29 is 9.59 Å². The summed E-state index contributed by atoms with van der Waals surface area (Å²) in [4.78, 5) is 24.7. The Labute approximate surface area is 185 Å². The lowest BCUT2D eigenvalue weighted by molar-refractivity contribution is -0.116. The number of carbonyl (C=O) groups excluding carboxylic acids is 2. The highest BCUT2D eigenvalue weighted by atomic mass is 35.5. The van der Waals surface area contributed by atoms with Crippen molar-refractivity contribution in [3.63, 3.8) is 0 Å². The molecule has 0 atom stereocenters. The van der Waals surface area contributed by atoms with Crippen LogP contribution in [0.5, 0.6) is 0 Å². The van der Waals surface area contributed by atoms with Crippen molar-refractivity contribution in [1.29, 1.82) is 0 Å². The van der Waals surface area contributed by atoms with Gasteiger partial charge < -0.3 is 16.0 Å². The lowest BCUT2D eigenvalue weighted by Gasteiger charge is -2.43. The maximum atomic E-state index is 12.6. The van der Waals surface area contributed by atoms with E-state index in [4.69, 9.17) is 11.6 Å². The summed E-state index contributed by atoms with van der Waals surface area (Å²) in [5.74, 6) is -0.165. The Morgan fingerprint density at radius 1 is 1.10 bits per heavy atom. The van der Waals surface area contributed by atoms with E-state index in [1.807, 2.05) is 48.5 Å². The number of urea groups is 1. The van der Waals surface area contributed by atoms with Crippen LogP contribution in [0.1, 0.15) is 30.4 Å². The first-order valence-corrected chi connectivity index (χ1v) is 10.6. The van der Waals surface area contributed by atoms with Crippen LogP contribution in [0, 0.1) is 0 Å². The number of carbonyl (C=O) groups is 2. The van der Waals surface area contributed by atoms with Crippen LogP contribution in [0.15, 0.2) is 67.0 Å². The van der Waals surface area contributed by atoms with Crippen LogP contribution in [-0.2, 0) is 23.4 Å². The standard InChI is InChI=1S/C23H24ClN5O2/c24-19-8-6-18(7-9-19)23(10-2-11-23)28-22(31)25-15-17-4-1-5-20(14-17)27-21(30)16-29-13-3-12-26-29/h1,3-9,12-14H,2,10-11,15-16H2,(H,27,30)(H2,25,28,31). The SMILES string of the molecule is O=C(Cn1cccn1)Nc1cccc(CNC(=O)NC2(c3ccc(Cl)cc3)CCC2)c1. The van der Waals surface area contributed by atoms with Crippen LogP contribution >= 0.6 is 11.6 Å². The van der Waals surface area contributed by atoms with Crippen molar-refractivity contribution in [2.45, 2.75) is 37.9 Å². The molecule has 2 aromatic carbocycles. The second-order valence-corrected chi connectivity index (χ2v) is 8.14.